The lowest BCUT2D eigenvalue weighted by molar-refractivity contribution is -0.118. The minimum absolute atomic E-state index is 0.245. The van der Waals surface area contributed by atoms with Crippen molar-refractivity contribution in [3.63, 3.8) is 0 Å². The van der Waals surface area contributed by atoms with Gasteiger partial charge in [0.05, 0.1) is 6.21 Å². The number of benzene rings is 3. The van der Waals surface area contributed by atoms with Crippen LogP contribution in [0.3, 0.4) is 0 Å². The van der Waals surface area contributed by atoms with Crippen LogP contribution < -0.4 is 10.2 Å². The maximum atomic E-state index is 13.0. The van der Waals surface area contributed by atoms with Crippen LogP contribution in [-0.2, 0) is 11.4 Å². The Kier molecular flexibility index (Phi) is 5.04. The highest BCUT2D eigenvalue weighted by Crippen LogP contribution is 2.27. The van der Waals surface area contributed by atoms with E-state index in [1.54, 1.807) is 18.3 Å². The van der Waals surface area contributed by atoms with Crippen molar-refractivity contribution in [3.05, 3.63) is 77.6 Å². The van der Waals surface area contributed by atoms with Gasteiger partial charge in [0.1, 0.15) is 18.2 Å². The fourth-order valence-electron chi connectivity index (χ4n) is 2.46. The number of halogens is 1. The maximum Gasteiger partial charge on any atom is 0.236 e. The molecular formula is C20H17FN2O2. The fourth-order valence-corrected chi connectivity index (χ4v) is 2.46. The third-order valence-electron chi connectivity index (χ3n) is 3.65. The summed E-state index contributed by atoms with van der Waals surface area (Å²) in [4.78, 5) is 11.0. The average Bonchev–Trinajstić information content (AvgIpc) is 2.62. The summed E-state index contributed by atoms with van der Waals surface area (Å²) >= 11 is 0. The summed E-state index contributed by atoms with van der Waals surface area (Å²) in [6.45, 7) is 1.70. The zero-order chi connectivity index (χ0) is 17.6. The summed E-state index contributed by atoms with van der Waals surface area (Å²) in [5, 5.41) is 5.97. The van der Waals surface area contributed by atoms with Gasteiger partial charge in [0, 0.05) is 12.5 Å². The molecule has 3 rings (SSSR count). The lowest BCUT2D eigenvalue weighted by Crippen LogP contribution is -2.12. The second-order valence-corrected chi connectivity index (χ2v) is 5.54. The molecule has 1 N–H and O–H groups in total. The predicted molar refractivity (Wildman–Crippen MR) is 96.1 cm³/mol. The van der Waals surface area contributed by atoms with Gasteiger partial charge in [-0.05, 0) is 34.5 Å². The van der Waals surface area contributed by atoms with Crippen molar-refractivity contribution in [2.45, 2.75) is 13.5 Å². The van der Waals surface area contributed by atoms with Crippen molar-refractivity contribution >= 4 is 22.9 Å². The molecule has 0 atom stereocenters. The van der Waals surface area contributed by atoms with E-state index in [1.807, 2.05) is 36.4 Å². The van der Waals surface area contributed by atoms with Crippen molar-refractivity contribution in [2.24, 2.45) is 5.10 Å². The quantitative estimate of drug-likeness (QED) is 0.565. The van der Waals surface area contributed by atoms with Crippen LogP contribution in [0.5, 0.6) is 5.75 Å². The number of carbonyl (C=O) groups is 1. The molecule has 0 radical (unpaired) electrons. The Bertz CT molecular complexity index is 921. The number of hydrogen-bond donors (Lipinski definition) is 1. The summed E-state index contributed by atoms with van der Waals surface area (Å²) < 4.78 is 18.9. The van der Waals surface area contributed by atoms with Gasteiger partial charge in [0.2, 0.25) is 5.91 Å². The minimum Gasteiger partial charge on any atom is -0.488 e. The molecule has 3 aromatic rings. The number of carbonyl (C=O) groups excluding carboxylic acids is 1. The maximum absolute atomic E-state index is 13.0. The fraction of sp³-hybridized carbons (Fsp3) is 0.100. The van der Waals surface area contributed by atoms with E-state index in [4.69, 9.17) is 4.74 Å². The van der Waals surface area contributed by atoms with E-state index in [1.165, 1.54) is 19.1 Å². The molecule has 0 saturated heterocycles. The Labute approximate surface area is 144 Å². The summed E-state index contributed by atoms with van der Waals surface area (Å²) in [5.41, 5.74) is 4.03. The van der Waals surface area contributed by atoms with Crippen molar-refractivity contribution < 1.29 is 13.9 Å². The number of amides is 1. The highest BCUT2D eigenvalue weighted by molar-refractivity contribution is 6.02. The first-order valence-corrected chi connectivity index (χ1v) is 7.82. The molecule has 0 aromatic heterocycles. The van der Waals surface area contributed by atoms with Gasteiger partial charge in [-0.3, -0.25) is 4.79 Å². The van der Waals surface area contributed by atoms with Crippen LogP contribution in [0.1, 0.15) is 18.1 Å². The third-order valence-corrected chi connectivity index (χ3v) is 3.65. The van der Waals surface area contributed by atoms with Crippen LogP contribution in [0.25, 0.3) is 10.8 Å². The molecule has 1 amide bonds. The average molecular weight is 336 g/mol. The number of hydrogen-bond acceptors (Lipinski definition) is 3. The Morgan fingerprint density at radius 2 is 1.88 bits per heavy atom. The third kappa shape index (κ3) is 4.20. The molecule has 0 spiro atoms. The van der Waals surface area contributed by atoms with Crippen molar-refractivity contribution in [1.29, 1.82) is 0 Å². The molecule has 126 valence electrons. The molecule has 0 aliphatic rings. The second-order valence-electron chi connectivity index (χ2n) is 5.54. The topological polar surface area (TPSA) is 50.7 Å². The first-order valence-electron chi connectivity index (χ1n) is 7.82. The lowest BCUT2D eigenvalue weighted by atomic mass is 10.0. The van der Waals surface area contributed by atoms with Crippen molar-refractivity contribution in [1.82, 2.24) is 5.43 Å². The summed E-state index contributed by atoms with van der Waals surface area (Å²) in [6, 6.07) is 17.8. The van der Waals surface area contributed by atoms with Crippen LogP contribution in [-0.4, -0.2) is 12.1 Å². The van der Waals surface area contributed by atoms with Gasteiger partial charge in [-0.2, -0.15) is 5.10 Å². The Morgan fingerprint density at radius 1 is 1.12 bits per heavy atom. The second kappa shape index (κ2) is 7.57. The van der Waals surface area contributed by atoms with E-state index in [9.17, 15) is 9.18 Å². The molecule has 0 bridgehead atoms. The first kappa shape index (κ1) is 16.6. The normalized spacial score (nSPS) is 11.0. The van der Waals surface area contributed by atoms with E-state index in [-0.39, 0.29) is 11.7 Å². The molecule has 25 heavy (non-hydrogen) atoms. The smallest absolute Gasteiger partial charge is 0.236 e. The monoisotopic (exact) mass is 336 g/mol. The van der Waals surface area contributed by atoms with Crippen molar-refractivity contribution in [3.8, 4) is 5.75 Å². The predicted octanol–water partition coefficient (Wildman–Crippen LogP) is 4.03. The van der Waals surface area contributed by atoms with E-state index in [2.05, 4.69) is 10.5 Å². The highest BCUT2D eigenvalue weighted by Gasteiger charge is 2.08. The summed E-state index contributed by atoms with van der Waals surface area (Å²) in [6.07, 6.45) is 1.57. The minimum atomic E-state index is -0.280. The number of rotatable bonds is 5. The van der Waals surface area contributed by atoms with Crippen LogP contribution >= 0.6 is 0 Å². The largest absolute Gasteiger partial charge is 0.488 e. The molecule has 0 saturated carbocycles. The molecule has 4 nitrogen and oxygen atoms in total. The van der Waals surface area contributed by atoms with Gasteiger partial charge in [0.15, 0.2) is 0 Å². The van der Waals surface area contributed by atoms with E-state index in [0.29, 0.717) is 12.4 Å². The molecular weight excluding hydrogens is 319 g/mol. The highest BCUT2D eigenvalue weighted by atomic mass is 19.1. The molecule has 5 heteroatoms. The number of nitrogens with one attached hydrogen (secondary N) is 1. The van der Waals surface area contributed by atoms with Crippen LogP contribution in [0, 0.1) is 5.82 Å². The Hall–Kier alpha value is -3.21. The van der Waals surface area contributed by atoms with Crippen LogP contribution in [0.4, 0.5) is 4.39 Å². The van der Waals surface area contributed by atoms with Gasteiger partial charge >= 0.3 is 0 Å². The number of fused-ring (bicyclic) bond motifs is 1. The van der Waals surface area contributed by atoms with Gasteiger partial charge in [-0.15, -0.1) is 0 Å². The van der Waals surface area contributed by atoms with Gasteiger partial charge in [-0.1, -0.05) is 42.5 Å². The molecule has 0 aliphatic carbocycles. The summed E-state index contributed by atoms with van der Waals surface area (Å²) in [5.74, 6) is 0.111. The van der Waals surface area contributed by atoms with E-state index >= 15 is 0 Å². The number of hydrazone groups is 1. The lowest BCUT2D eigenvalue weighted by Gasteiger charge is -2.12. The van der Waals surface area contributed by atoms with Crippen molar-refractivity contribution in [2.75, 3.05) is 0 Å². The standard InChI is InChI=1S/C20H17FN2O2/c1-14(24)23-22-12-19-18-5-3-2-4-16(18)8-11-20(19)25-13-15-6-9-17(21)10-7-15/h2-12H,13H2,1H3,(H,23,24)/b22-12-. The van der Waals surface area contributed by atoms with E-state index < -0.39 is 0 Å². The Balaban J connectivity index is 1.91. The molecule has 0 unspecified atom stereocenters. The SMILES string of the molecule is CC(=O)N/N=C\c1c(OCc2ccc(F)cc2)ccc2ccccc12. The van der Waals surface area contributed by atoms with Gasteiger partial charge in [-0.25, -0.2) is 9.82 Å². The first-order chi connectivity index (χ1) is 12.1. The molecule has 0 heterocycles. The van der Waals surface area contributed by atoms with Crippen LogP contribution in [0.2, 0.25) is 0 Å². The molecule has 0 aliphatic heterocycles. The van der Waals surface area contributed by atoms with Gasteiger partial charge < -0.3 is 4.74 Å². The van der Waals surface area contributed by atoms with Gasteiger partial charge in [0.25, 0.3) is 0 Å². The number of ether oxygens (including phenoxy) is 1. The number of nitrogens with zero attached hydrogens (tertiary/aromatic N) is 1. The Morgan fingerprint density at radius 3 is 2.64 bits per heavy atom. The summed E-state index contributed by atoms with van der Waals surface area (Å²) in [7, 11) is 0. The zero-order valence-electron chi connectivity index (χ0n) is 13.7. The van der Waals surface area contributed by atoms with E-state index in [0.717, 1.165) is 21.9 Å². The zero-order valence-corrected chi connectivity index (χ0v) is 13.7. The molecule has 0 fully saturated rings. The molecule has 3 aromatic carbocycles. The van der Waals surface area contributed by atoms with Crippen LogP contribution in [0.15, 0.2) is 65.8 Å².